The van der Waals surface area contributed by atoms with Gasteiger partial charge in [-0.15, -0.1) is 11.3 Å². The third-order valence-corrected chi connectivity index (χ3v) is 5.19. The molecule has 0 radical (unpaired) electrons. The molecule has 1 aliphatic rings. The second kappa shape index (κ2) is 7.11. The fourth-order valence-electron chi connectivity index (χ4n) is 2.61. The van der Waals surface area contributed by atoms with Crippen molar-refractivity contribution in [3.8, 4) is 0 Å². The average Bonchev–Trinajstić information content (AvgIpc) is 2.95. The lowest BCUT2D eigenvalue weighted by molar-refractivity contribution is -0.159. The molecule has 2 N–H and O–H groups in total. The SMILES string of the molecule is O=C(O)C[C@H]1O[C@H](c2cccc(Cl)c2)[C@@H](c2ccc(Cl)s2)NC1=O. The Bertz CT molecular complexity index is 779. The van der Waals surface area contributed by atoms with Gasteiger partial charge in [-0.05, 0) is 29.8 Å². The van der Waals surface area contributed by atoms with E-state index in [0.29, 0.717) is 9.36 Å². The molecule has 0 unspecified atom stereocenters. The average molecular weight is 386 g/mol. The van der Waals surface area contributed by atoms with Gasteiger partial charge in [-0.25, -0.2) is 0 Å². The lowest BCUT2D eigenvalue weighted by atomic mass is 9.97. The number of morpholine rings is 1. The molecule has 8 heteroatoms. The largest absolute Gasteiger partial charge is 0.481 e. The second-order valence-electron chi connectivity index (χ2n) is 5.33. The number of halogens is 2. The summed E-state index contributed by atoms with van der Waals surface area (Å²) in [6.45, 7) is 0. The van der Waals surface area contributed by atoms with Gasteiger partial charge in [0, 0.05) is 9.90 Å². The molecule has 1 aromatic heterocycles. The molecule has 126 valence electrons. The van der Waals surface area contributed by atoms with Gasteiger partial charge in [0.05, 0.1) is 16.8 Å². The third kappa shape index (κ3) is 3.72. The van der Waals surface area contributed by atoms with E-state index in [9.17, 15) is 9.59 Å². The van der Waals surface area contributed by atoms with Gasteiger partial charge < -0.3 is 15.2 Å². The normalized spacial score (nSPS) is 23.8. The predicted octanol–water partition coefficient (Wildman–Crippen LogP) is 3.83. The molecule has 1 saturated heterocycles. The smallest absolute Gasteiger partial charge is 0.306 e. The summed E-state index contributed by atoms with van der Waals surface area (Å²) < 4.78 is 6.43. The molecule has 1 aliphatic heterocycles. The van der Waals surface area contributed by atoms with E-state index < -0.39 is 36.5 Å². The van der Waals surface area contributed by atoms with Crippen molar-refractivity contribution in [2.75, 3.05) is 0 Å². The van der Waals surface area contributed by atoms with Crippen molar-refractivity contribution in [1.82, 2.24) is 5.32 Å². The van der Waals surface area contributed by atoms with E-state index in [1.54, 1.807) is 24.3 Å². The Hall–Kier alpha value is -1.60. The zero-order valence-corrected chi connectivity index (χ0v) is 14.6. The summed E-state index contributed by atoms with van der Waals surface area (Å²) in [6.07, 6.45) is -2.01. The quantitative estimate of drug-likeness (QED) is 0.838. The Balaban J connectivity index is 1.96. The maximum absolute atomic E-state index is 12.2. The Labute approximate surface area is 152 Å². The van der Waals surface area contributed by atoms with E-state index in [-0.39, 0.29) is 0 Å². The number of nitrogens with one attached hydrogen (secondary N) is 1. The minimum atomic E-state index is -1.10. The van der Waals surface area contributed by atoms with Gasteiger partial charge in [0.2, 0.25) is 5.91 Å². The van der Waals surface area contributed by atoms with Crippen LogP contribution < -0.4 is 5.32 Å². The first kappa shape index (κ1) is 17.2. The fourth-order valence-corrected chi connectivity index (χ4v) is 3.94. The van der Waals surface area contributed by atoms with Gasteiger partial charge in [0.15, 0.2) is 0 Å². The summed E-state index contributed by atoms with van der Waals surface area (Å²) in [5.74, 6) is -1.55. The zero-order chi connectivity index (χ0) is 17.3. The van der Waals surface area contributed by atoms with E-state index in [1.165, 1.54) is 11.3 Å². The summed E-state index contributed by atoms with van der Waals surface area (Å²) in [6, 6.07) is 10.2. The first-order chi connectivity index (χ1) is 11.4. The first-order valence-electron chi connectivity index (χ1n) is 7.12. The van der Waals surface area contributed by atoms with Crippen LogP contribution in [-0.4, -0.2) is 23.1 Å². The maximum atomic E-state index is 12.2. The van der Waals surface area contributed by atoms with Crippen molar-refractivity contribution in [3.63, 3.8) is 0 Å². The van der Waals surface area contributed by atoms with Crippen LogP contribution in [0.15, 0.2) is 36.4 Å². The monoisotopic (exact) mass is 385 g/mol. The summed E-state index contributed by atoms with van der Waals surface area (Å²) in [7, 11) is 0. The zero-order valence-electron chi connectivity index (χ0n) is 12.2. The van der Waals surface area contributed by atoms with Crippen LogP contribution in [0.1, 0.15) is 29.0 Å². The van der Waals surface area contributed by atoms with Gasteiger partial charge in [-0.3, -0.25) is 9.59 Å². The Kier molecular flexibility index (Phi) is 5.10. The highest BCUT2D eigenvalue weighted by Gasteiger charge is 2.39. The number of aliphatic carboxylic acids is 1. The van der Waals surface area contributed by atoms with Crippen molar-refractivity contribution in [2.24, 2.45) is 0 Å². The van der Waals surface area contributed by atoms with Gasteiger partial charge in [0.25, 0.3) is 0 Å². The van der Waals surface area contributed by atoms with Crippen LogP contribution in [0.4, 0.5) is 0 Å². The topological polar surface area (TPSA) is 75.6 Å². The van der Waals surface area contributed by atoms with Crippen LogP contribution >= 0.6 is 34.5 Å². The number of rotatable bonds is 4. The molecule has 1 amide bonds. The lowest BCUT2D eigenvalue weighted by Crippen LogP contribution is -2.48. The first-order valence-corrected chi connectivity index (χ1v) is 8.69. The van der Waals surface area contributed by atoms with Crippen molar-refractivity contribution in [2.45, 2.75) is 24.7 Å². The molecule has 2 aromatic rings. The van der Waals surface area contributed by atoms with E-state index in [0.717, 1.165) is 10.4 Å². The minimum absolute atomic E-state index is 0.402. The highest BCUT2D eigenvalue weighted by Crippen LogP contribution is 2.40. The van der Waals surface area contributed by atoms with Crippen LogP contribution in [0.2, 0.25) is 9.36 Å². The van der Waals surface area contributed by atoms with E-state index in [1.807, 2.05) is 12.1 Å². The predicted molar refractivity (Wildman–Crippen MR) is 91.5 cm³/mol. The number of carbonyl (C=O) groups excluding carboxylic acids is 1. The maximum Gasteiger partial charge on any atom is 0.306 e. The molecule has 0 aliphatic carbocycles. The standard InChI is InChI=1S/C16H13Cl2NO4S/c17-9-3-1-2-8(6-9)15-14(11-4-5-12(18)24-11)19-16(22)10(23-15)7-13(20)21/h1-6,10,14-15H,7H2,(H,19,22)(H,20,21)/t10-,14-,15-/m1/s1. The molecule has 1 fully saturated rings. The molecule has 0 spiro atoms. The minimum Gasteiger partial charge on any atom is -0.481 e. The molecule has 0 saturated carbocycles. The van der Waals surface area contributed by atoms with Crippen molar-refractivity contribution in [1.29, 1.82) is 0 Å². The number of amides is 1. The summed E-state index contributed by atoms with van der Waals surface area (Å²) in [5, 5.41) is 12.4. The van der Waals surface area contributed by atoms with Crippen molar-refractivity contribution in [3.05, 3.63) is 56.2 Å². The summed E-state index contributed by atoms with van der Waals surface area (Å²) >= 11 is 13.4. The Morgan fingerprint density at radius 3 is 2.71 bits per heavy atom. The molecule has 3 atom stereocenters. The summed E-state index contributed by atoms with van der Waals surface area (Å²) in [5.41, 5.74) is 0.757. The molecular weight excluding hydrogens is 373 g/mol. The van der Waals surface area contributed by atoms with Gasteiger partial charge in [-0.2, -0.15) is 0 Å². The number of hydrogen-bond donors (Lipinski definition) is 2. The van der Waals surface area contributed by atoms with E-state index in [4.69, 9.17) is 33.0 Å². The second-order valence-corrected chi connectivity index (χ2v) is 7.51. The van der Waals surface area contributed by atoms with Gasteiger partial charge >= 0.3 is 5.97 Å². The summed E-state index contributed by atoms with van der Waals surface area (Å²) in [4.78, 5) is 24.0. The molecule has 0 bridgehead atoms. The van der Waals surface area contributed by atoms with Crippen molar-refractivity contribution < 1.29 is 19.4 Å². The third-order valence-electron chi connectivity index (χ3n) is 3.64. The molecule has 24 heavy (non-hydrogen) atoms. The van der Waals surface area contributed by atoms with Gasteiger partial charge in [0.1, 0.15) is 12.2 Å². The Morgan fingerprint density at radius 2 is 2.08 bits per heavy atom. The van der Waals surface area contributed by atoms with E-state index in [2.05, 4.69) is 5.32 Å². The van der Waals surface area contributed by atoms with Crippen LogP contribution in [0.3, 0.4) is 0 Å². The molecule has 3 rings (SSSR count). The number of carbonyl (C=O) groups is 2. The highest BCUT2D eigenvalue weighted by molar-refractivity contribution is 7.16. The number of ether oxygens (including phenoxy) is 1. The van der Waals surface area contributed by atoms with Gasteiger partial charge in [-0.1, -0.05) is 35.3 Å². The molecule has 2 heterocycles. The number of benzene rings is 1. The number of hydrogen-bond acceptors (Lipinski definition) is 4. The number of carboxylic acid groups (broad SMARTS) is 1. The Morgan fingerprint density at radius 1 is 1.29 bits per heavy atom. The lowest BCUT2D eigenvalue weighted by Gasteiger charge is -2.36. The molecule has 5 nitrogen and oxygen atoms in total. The molecule has 1 aromatic carbocycles. The van der Waals surface area contributed by atoms with Crippen LogP contribution in [0.25, 0.3) is 0 Å². The fraction of sp³-hybridized carbons (Fsp3) is 0.250. The highest BCUT2D eigenvalue weighted by atomic mass is 35.5. The van der Waals surface area contributed by atoms with Crippen LogP contribution in [0.5, 0.6) is 0 Å². The van der Waals surface area contributed by atoms with Crippen LogP contribution in [-0.2, 0) is 14.3 Å². The van der Waals surface area contributed by atoms with E-state index >= 15 is 0 Å². The number of thiophene rings is 1. The number of carboxylic acids is 1. The molecular formula is C16H13Cl2NO4S. The van der Waals surface area contributed by atoms with Crippen LogP contribution in [0, 0.1) is 0 Å². The van der Waals surface area contributed by atoms with Crippen molar-refractivity contribution >= 4 is 46.4 Å².